The fourth-order valence-corrected chi connectivity index (χ4v) is 3.87. The Labute approximate surface area is 165 Å². The number of nitrogens with zero attached hydrogens (tertiary/aromatic N) is 1. The number of fused-ring (bicyclic) bond motifs is 1. The number of thioether (sulfide) groups is 1. The quantitative estimate of drug-likeness (QED) is 0.387. The molecule has 0 saturated heterocycles. The predicted molar refractivity (Wildman–Crippen MR) is 107 cm³/mol. The van der Waals surface area contributed by atoms with Crippen LogP contribution in [0.3, 0.4) is 0 Å². The number of carbonyl (C=O) groups is 2. The van der Waals surface area contributed by atoms with Crippen LogP contribution >= 0.6 is 23.4 Å². The topological polar surface area (TPSA) is 104 Å². The van der Waals surface area contributed by atoms with E-state index in [-0.39, 0.29) is 23.7 Å². The highest BCUT2D eigenvalue weighted by atomic mass is 35.5. The number of amides is 2. The summed E-state index contributed by atoms with van der Waals surface area (Å²) in [6.45, 7) is 2.08. The normalized spacial score (nSPS) is 15.8. The predicted octanol–water partition coefficient (Wildman–Crippen LogP) is 3.38. The molecular weight excluding hydrogens is 388 g/mol. The number of hydrogen-bond acceptors (Lipinski definition) is 5. The second-order valence-corrected chi connectivity index (χ2v) is 7.60. The van der Waals surface area contributed by atoms with E-state index in [9.17, 15) is 14.4 Å². The zero-order chi connectivity index (χ0) is 19.4. The Balaban J connectivity index is 1.88. The van der Waals surface area contributed by atoms with Gasteiger partial charge in [-0.15, -0.1) is 0 Å². The van der Waals surface area contributed by atoms with Crippen LogP contribution < -0.4 is 16.2 Å². The number of carbonyl (C=O) groups excluding carboxylic acids is 2. The molecule has 1 aliphatic rings. The number of aromatic amines is 1. The molecule has 0 saturated carbocycles. The lowest BCUT2D eigenvalue weighted by molar-refractivity contribution is -0.123. The fraction of sp³-hybridized carbons (Fsp3) is 0.333. The number of H-pyrrole nitrogens is 1. The summed E-state index contributed by atoms with van der Waals surface area (Å²) in [6, 6.07) is 6.78. The first kappa shape index (κ1) is 19.4. The van der Waals surface area contributed by atoms with Crippen LogP contribution in [0.5, 0.6) is 0 Å². The summed E-state index contributed by atoms with van der Waals surface area (Å²) in [5.41, 5.74) is 0.171. The lowest BCUT2D eigenvalue weighted by atomic mass is 9.92. The maximum atomic E-state index is 12.7. The fourth-order valence-electron chi connectivity index (χ4n) is 2.74. The standard InChI is InChI=1S/C18H19ClN4O3S/c1-2-3-8-27-18-22-15-14(17(26)23-18)10(9-13(24)21-15)16(25)20-12-7-5-4-6-11(12)19/h4-7,10H,2-3,8-9H2,1H3,(H,20,25)(H2,21,22,23,24,26)/t10-/m1/s1. The molecule has 0 unspecified atom stereocenters. The summed E-state index contributed by atoms with van der Waals surface area (Å²) < 4.78 is 0. The summed E-state index contributed by atoms with van der Waals surface area (Å²) in [4.78, 5) is 44.4. The van der Waals surface area contributed by atoms with Gasteiger partial charge in [0.1, 0.15) is 5.82 Å². The van der Waals surface area contributed by atoms with Crippen molar-refractivity contribution in [1.82, 2.24) is 9.97 Å². The van der Waals surface area contributed by atoms with Gasteiger partial charge < -0.3 is 15.6 Å². The first-order valence-electron chi connectivity index (χ1n) is 8.61. The summed E-state index contributed by atoms with van der Waals surface area (Å²) in [6.07, 6.45) is 1.89. The molecule has 2 aromatic rings. The van der Waals surface area contributed by atoms with Gasteiger partial charge in [0.2, 0.25) is 11.8 Å². The van der Waals surface area contributed by atoms with Crippen LogP contribution in [0, 0.1) is 0 Å². The van der Waals surface area contributed by atoms with Crippen LogP contribution in [0.4, 0.5) is 11.5 Å². The van der Waals surface area contributed by atoms with E-state index in [1.165, 1.54) is 11.8 Å². The van der Waals surface area contributed by atoms with E-state index in [1.807, 2.05) is 0 Å². The van der Waals surface area contributed by atoms with Gasteiger partial charge in [-0.1, -0.05) is 48.8 Å². The second kappa shape index (κ2) is 8.58. The van der Waals surface area contributed by atoms with Gasteiger partial charge in [-0.05, 0) is 18.6 Å². The number of nitrogens with one attached hydrogen (secondary N) is 3. The first-order valence-corrected chi connectivity index (χ1v) is 9.98. The van der Waals surface area contributed by atoms with E-state index >= 15 is 0 Å². The maximum Gasteiger partial charge on any atom is 0.257 e. The van der Waals surface area contributed by atoms with Gasteiger partial charge in [0, 0.05) is 12.2 Å². The zero-order valence-corrected chi connectivity index (χ0v) is 16.2. The highest BCUT2D eigenvalue weighted by Gasteiger charge is 2.34. The molecule has 0 spiro atoms. The van der Waals surface area contributed by atoms with E-state index in [2.05, 4.69) is 27.5 Å². The van der Waals surface area contributed by atoms with Crippen LogP contribution in [-0.2, 0) is 9.59 Å². The Morgan fingerprint density at radius 1 is 1.37 bits per heavy atom. The highest BCUT2D eigenvalue weighted by Crippen LogP contribution is 2.31. The molecule has 1 aliphatic heterocycles. The Bertz CT molecular complexity index is 931. The summed E-state index contributed by atoms with van der Waals surface area (Å²) in [5.74, 6) is -0.811. The smallest absolute Gasteiger partial charge is 0.257 e. The molecule has 1 aromatic heterocycles. The third-order valence-electron chi connectivity index (χ3n) is 4.11. The van der Waals surface area contributed by atoms with E-state index in [0.29, 0.717) is 15.9 Å². The van der Waals surface area contributed by atoms with Gasteiger partial charge in [0.05, 0.1) is 22.2 Å². The summed E-state index contributed by atoms with van der Waals surface area (Å²) in [5, 5.41) is 6.10. The minimum absolute atomic E-state index is 0.129. The van der Waals surface area contributed by atoms with E-state index in [4.69, 9.17) is 11.6 Å². The molecule has 2 heterocycles. The van der Waals surface area contributed by atoms with E-state index < -0.39 is 17.4 Å². The van der Waals surface area contributed by atoms with Crippen molar-refractivity contribution in [3.05, 3.63) is 45.2 Å². The Morgan fingerprint density at radius 2 is 2.15 bits per heavy atom. The van der Waals surface area contributed by atoms with Crippen molar-refractivity contribution in [3.63, 3.8) is 0 Å². The molecule has 2 amide bonds. The minimum atomic E-state index is -0.934. The van der Waals surface area contributed by atoms with Crippen molar-refractivity contribution in [2.45, 2.75) is 37.3 Å². The van der Waals surface area contributed by atoms with Crippen LogP contribution in [0.15, 0.2) is 34.2 Å². The van der Waals surface area contributed by atoms with Gasteiger partial charge >= 0.3 is 0 Å². The number of aromatic nitrogens is 2. The van der Waals surface area contributed by atoms with E-state index in [0.717, 1.165) is 18.6 Å². The van der Waals surface area contributed by atoms with Gasteiger partial charge in [0.15, 0.2) is 5.16 Å². The van der Waals surface area contributed by atoms with Crippen molar-refractivity contribution in [2.24, 2.45) is 0 Å². The number of hydrogen-bond donors (Lipinski definition) is 3. The van der Waals surface area contributed by atoms with E-state index in [1.54, 1.807) is 24.3 Å². The number of anilines is 2. The summed E-state index contributed by atoms with van der Waals surface area (Å²) >= 11 is 7.48. The van der Waals surface area contributed by atoms with Crippen molar-refractivity contribution in [1.29, 1.82) is 0 Å². The van der Waals surface area contributed by atoms with Crippen molar-refractivity contribution in [2.75, 3.05) is 16.4 Å². The molecule has 1 aromatic carbocycles. The van der Waals surface area contributed by atoms with Crippen LogP contribution in [0.1, 0.15) is 37.7 Å². The van der Waals surface area contributed by atoms with Crippen LogP contribution in [-0.4, -0.2) is 27.5 Å². The SMILES string of the molecule is CCCCSc1nc2c(c(=O)[nH]1)[C@H](C(=O)Nc1ccccc1Cl)CC(=O)N2. The molecule has 142 valence electrons. The molecule has 3 N–H and O–H groups in total. The number of rotatable bonds is 6. The average molecular weight is 407 g/mol. The number of unbranched alkanes of at least 4 members (excludes halogenated alkanes) is 1. The van der Waals surface area contributed by atoms with Gasteiger partial charge in [-0.3, -0.25) is 14.4 Å². The zero-order valence-electron chi connectivity index (χ0n) is 14.7. The molecule has 3 rings (SSSR count). The molecule has 7 nitrogen and oxygen atoms in total. The van der Waals surface area contributed by atoms with Crippen molar-refractivity contribution >= 4 is 46.7 Å². The van der Waals surface area contributed by atoms with Crippen LogP contribution in [0.25, 0.3) is 0 Å². The van der Waals surface area contributed by atoms with Gasteiger partial charge in [0.25, 0.3) is 5.56 Å². The lowest BCUT2D eigenvalue weighted by Crippen LogP contribution is -2.36. The Kier molecular flexibility index (Phi) is 6.18. The van der Waals surface area contributed by atoms with Gasteiger partial charge in [-0.2, -0.15) is 0 Å². The highest BCUT2D eigenvalue weighted by molar-refractivity contribution is 7.99. The lowest BCUT2D eigenvalue weighted by Gasteiger charge is -2.23. The number of halogens is 1. The molecule has 0 aliphatic carbocycles. The maximum absolute atomic E-state index is 12.7. The van der Waals surface area contributed by atoms with Gasteiger partial charge in [-0.25, -0.2) is 4.98 Å². The number of benzene rings is 1. The third kappa shape index (κ3) is 4.51. The van der Waals surface area contributed by atoms with Crippen LogP contribution in [0.2, 0.25) is 5.02 Å². The Hall–Kier alpha value is -2.32. The molecule has 1 atom stereocenters. The number of para-hydroxylation sites is 1. The monoisotopic (exact) mass is 406 g/mol. The minimum Gasteiger partial charge on any atom is -0.324 e. The van der Waals surface area contributed by atoms with Crippen molar-refractivity contribution < 1.29 is 9.59 Å². The molecule has 27 heavy (non-hydrogen) atoms. The first-order chi connectivity index (χ1) is 13.0. The molecule has 0 radical (unpaired) electrons. The average Bonchev–Trinajstić information content (AvgIpc) is 2.62. The third-order valence-corrected chi connectivity index (χ3v) is 5.40. The molecule has 0 bridgehead atoms. The molecule has 0 fully saturated rings. The summed E-state index contributed by atoms with van der Waals surface area (Å²) in [7, 11) is 0. The second-order valence-electron chi connectivity index (χ2n) is 6.11. The molecular formula is C18H19ClN4O3S. The Morgan fingerprint density at radius 3 is 2.89 bits per heavy atom. The van der Waals surface area contributed by atoms with Crippen molar-refractivity contribution in [3.8, 4) is 0 Å². The largest absolute Gasteiger partial charge is 0.324 e. The molecule has 9 heteroatoms.